The van der Waals surface area contributed by atoms with Crippen molar-refractivity contribution in [1.82, 2.24) is 9.55 Å². The standard InChI is InChI=1S/C9H13N3/c10-7-3-4-8-9(7)12(5-11-8)6-1-2-6/h5-7H,1-4,10H2. The first-order valence-corrected chi connectivity index (χ1v) is 4.67. The van der Waals surface area contributed by atoms with Crippen LogP contribution in [0.3, 0.4) is 0 Å². The van der Waals surface area contributed by atoms with Crippen LogP contribution in [-0.2, 0) is 6.42 Å². The van der Waals surface area contributed by atoms with Gasteiger partial charge in [-0.15, -0.1) is 0 Å². The molecule has 1 atom stereocenters. The van der Waals surface area contributed by atoms with Crippen LogP contribution in [-0.4, -0.2) is 9.55 Å². The van der Waals surface area contributed by atoms with Crippen LogP contribution in [0.5, 0.6) is 0 Å². The van der Waals surface area contributed by atoms with E-state index in [9.17, 15) is 0 Å². The predicted molar refractivity (Wildman–Crippen MR) is 45.7 cm³/mol. The first-order valence-electron chi connectivity index (χ1n) is 4.67. The largest absolute Gasteiger partial charge is 0.330 e. The minimum absolute atomic E-state index is 0.253. The summed E-state index contributed by atoms with van der Waals surface area (Å²) < 4.78 is 2.30. The van der Waals surface area contributed by atoms with Gasteiger partial charge in [-0.25, -0.2) is 4.98 Å². The Morgan fingerprint density at radius 2 is 2.25 bits per heavy atom. The summed E-state index contributed by atoms with van der Waals surface area (Å²) in [5, 5.41) is 0. The van der Waals surface area contributed by atoms with Crippen molar-refractivity contribution in [2.75, 3.05) is 0 Å². The molecule has 0 aromatic carbocycles. The van der Waals surface area contributed by atoms with Crippen LogP contribution in [0, 0.1) is 0 Å². The first-order chi connectivity index (χ1) is 5.86. The second-order valence-corrected chi connectivity index (χ2v) is 3.86. The molecule has 1 unspecified atom stereocenters. The minimum Gasteiger partial charge on any atom is -0.330 e. The Labute approximate surface area is 71.6 Å². The molecule has 1 fully saturated rings. The van der Waals surface area contributed by atoms with Gasteiger partial charge in [0.05, 0.1) is 17.7 Å². The summed E-state index contributed by atoms with van der Waals surface area (Å²) >= 11 is 0. The minimum atomic E-state index is 0.253. The molecule has 2 N–H and O–H groups in total. The normalized spacial score (nSPS) is 27.6. The lowest BCUT2D eigenvalue weighted by Crippen LogP contribution is -2.11. The highest BCUT2D eigenvalue weighted by molar-refractivity contribution is 5.24. The maximum Gasteiger partial charge on any atom is 0.0954 e. The summed E-state index contributed by atoms with van der Waals surface area (Å²) in [6.07, 6.45) is 6.77. The van der Waals surface area contributed by atoms with Gasteiger partial charge < -0.3 is 10.3 Å². The smallest absolute Gasteiger partial charge is 0.0954 e. The van der Waals surface area contributed by atoms with E-state index in [1.54, 1.807) is 0 Å². The summed E-state index contributed by atoms with van der Waals surface area (Å²) in [6, 6.07) is 0.980. The average molecular weight is 163 g/mol. The molecule has 1 aromatic rings. The molecule has 12 heavy (non-hydrogen) atoms. The van der Waals surface area contributed by atoms with Crippen molar-refractivity contribution in [3.63, 3.8) is 0 Å². The summed E-state index contributed by atoms with van der Waals surface area (Å²) in [5.41, 5.74) is 8.56. The van der Waals surface area contributed by atoms with Gasteiger partial charge in [-0.3, -0.25) is 0 Å². The quantitative estimate of drug-likeness (QED) is 0.675. The van der Waals surface area contributed by atoms with E-state index in [-0.39, 0.29) is 6.04 Å². The highest BCUT2D eigenvalue weighted by Gasteiger charge is 2.31. The van der Waals surface area contributed by atoms with Crippen molar-refractivity contribution in [3.8, 4) is 0 Å². The van der Waals surface area contributed by atoms with E-state index in [1.807, 2.05) is 6.33 Å². The maximum atomic E-state index is 6.00. The number of fused-ring (bicyclic) bond motifs is 1. The van der Waals surface area contributed by atoms with Crippen LogP contribution in [0.2, 0.25) is 0 Å². The van der Waals surface area contributed by atoms with Crippen LogP contribution in [0.15, 0.2) is 6.33 Å². The third-order valence-electron chi connectivity index (χ3n) is 2.90. The molecule has 0 bridgehead atoms. The molecule has 0 radical (unpaired) electrons. The van der Waals surface area contributed by atoms with Crippen LogP contribution < -0.4 is 5.73 Å². The van der Waals surface area contributed by atoms with Crippen molar-refractivity contribution >= 4 is 0 Å². The zero-order valence-electron chi connectivity index (χ0n) is 7.03. The van der Waals surface area contributed by atoms with E-state index in [0.717, 1.165) is 18.9 Å². The number of aromatic nitrogens is 2. The molecule has 3 heteroatoms. The van der Waals surface area contributed by atoms with Crippen molar-refractivity contribution in [2.45, 2.75) is 37.8 Å². The third-order valence-corrected chi connectivity index (χ3v) is 2.90. The molecule has 0 saturated heterocycles. The molecule has 64 valence electrons. The van der Waals surface area contributed by atoms with E-state index in [1.165, 1.54) is 24.2 Å². The van der Waals surface area contributed by atoms with Crippen molar-refractivity contribution in [3.05, 3.63) is 17.7 Å². The fraction of sp³-hybridized carbons (Fsp3) is 0.667. The molecule has 2 aliphatic carbocycles. The van der Waals surface area contributed by atoms with Gasteiger partial charge in [-0.05, 0) is 25.7 Å². The van der Waals surface area contributed by atoms with Gasteiger partial charge in [0.2, 0.25) is 0 Å². The van der Waals surface area contributed by atoms with Gasteiger partial charge in [-0.1, -0.05) is 0 Å². The van der Waals surface area contributed by atoms with Gasteiger partial charge in [0.25, 0.3) is 0 Å². The zero-order chi connectivity index (χ0) is 8.13. The van der Waals surface area contributed by atoms with Crippen LogP contribution in [0.1, 0.15) is 42.7 Å². The number of imidazole rings is 1. The highest BCUT2D eigenvalue weighted by atomic mass is 15.1. The fourth-order valence-corrected chi connectivity index (χ4v) is 2.08. The summed E-state index contributed by atoms with van der Waals surface area (Å²) in [4.78, 5) is 4.39. The van der Waals surface area contributed by atoms with Crippen molar-refractivity contribution in [1.29, 1.82) is 0 Å². The summed E-state index contributed by atoms with van der Waals surface area (Å²) in [6.45, 7) is 0. The van der Waals surface area contributed by atoms with Gasteiger partial charge in [-0.2, -0.15) is 0 Å². The SMILES string of the molecule is NC1CCc2ncn(C3CC3)c21. The second-order valence-electron chi connectivity index (χ2n) is 3.86. The number of aryl methyl sites for hydroxylation is 1. The van der Waals surface area contributed by atoms with Gasteiger partial charge in [0, 0.05) is 12.1 Å². The Morgan fingerprint density at radius 3 is 3.00 bits per heavy atom. The number of nitrogens with zero attached hydrogens (tertiary/aromatic N) is 2. The molecule has 0 amide bonds. The fourth-order valence-electron chi connectivity index (χ4n) is 2.08. The third kappa shape index (κ3) is 0.771. The van der Waals surface area contributed by atoms with Crippen LogP contribution in [0.4, 0.5) is 0 Å². The van der Waals surface area contributed by atoms with Gasteiger partial charge in [0.15, 0.2) is 0 Å². The van der Waals surface area contributed by atoms with E-state index < -0.39 is 0 Å². The Balaban J connectivity index is 2.09. The maximum absolute atomic E-state index is 6.00. The van der Waals surface area contributed by atoms with E-state index in [0.29, 0.717) is 0 Å². The molecular formula is C9H13N3. The van der Waals surface area contributed by atoms with E-state index in [2.05, 4.69) is 9.55 Å². The molecule has 1 saturated carbocycles. The second kappa shape index (κ2) is 2.10. The average Bonchev–Trinajstić information content (AvgIpc) is 2.71. The van der Waals surface area contributed by atoms with Gasteiger partial charge >= 0.3 is 0 Å². The predicted octanol–water partition coefficient (Wildman–Crippen LogP) is 1.16. The monoisotopic (exact) mass is 163 g/mol. The summed E-state index contributed by atoms with van der Waals surface area (Å²) in [7, 11) is 0. The lowest BCUT2D eigenvalue weighted by atomic mass is 10.2. The number of hydrogen-bond donors (Lipinski definition) is 1. The highest BCUT2D eigenvalue weighted by Crippen LogP contribution is 2.40. The lowest BCUT2D eigenvalue weighted by Gasteiger charge is -2.08. The molecular weight excluding hydrogens is 150 g/mol. The molecule has 1 aromatic heterocycles. The Morgan fingerprint density at radius 1 is 1.42 bits per heavy atom. The molecule has 0 spiro atoms. The lowest BCUT2D eigenvalue weighted by molar-refractivity contribution is 0.615. The molecule has 0 aliphatic heterocycles. The van der Waals surface area contributed by atoms with Crippen LogP contribution >= 0.6 is 0 Å². The Bertz CT molecular complexity index is 312. The summed E-state index contributed by atoms with van der Waals surface area (Å²) in [5.74, 6) is 0. The molecule has 1 heterocycles. The number of rotatable bonds is 1. The number of nitrogens with two attached hydrogens (primary N) is 1. The topological polar surface area (TPSA) is 43.8 Å². The van der Waals surface area contributed by atoms with Crippen molar-refractivity contribution in [2.24, 2.45) is 5.73 Å². The Kier molecular flexibility index (Phi) is 1.17. The molecule has 3 rings (SSSR count). The van der Waals surface area contributed by atoms with Crippen molar-refractivity contribution < 1.29 is 0 Å². The van der Waals surface area contributed by atoms with E-state index in [4.69, 9.17) is 5.73 Å². The number of hydrogen-bond acceptors (Lipinski definition) is 2. The zero-order valence-corrected chi connectivity index (χ0v) is 7.03. The molecule has 2 aliphatic rings. The van der Waals surface area contributed by atoms with E-state index >= 15 is 0 Å². The Hall–Kier alpha value is -0.830. The first kappa shape index (κ1) is 6.66. The molecule has 3 nitrogen and oxygen atoms in total. The van der Waals surface area contributed by atoms with Crippen LogP contribution in [0.25, 0.3) is 0 Å². The van der Waals surface area contributed by atoms with Gasteiger partial charge in [0.1, 0.15) is 0 Å².